The Kier molecular flexibility index (Phi) is 5.92. The number of aryl methyl sites for hydroxylation is 1. The van der Waals surface area contributed by atoms with E-state index in [-0.39, 0.29) is 0 Å². The van der Waals surface area contributed by atoms with Gasteiger partial charge in [-0.15, -0.1) is 0 Å². The molecule has 0 aliphatic heterocycles. The lowest BCUT2D eigenvalue weighted by atomic mass is 10.1. The molecule has 0 bridgehead atoms. The van der Waals surface area contributed by atoms with Gasteiger partial charge in [0, 0.05) is 16.6 Å². The van der Waals surface area contributed by atoms with E-state index in [9.17, 15) is 0 Å². The molecule has 21 heavy (non-hydrogen) atoms. The van der Waals surface area contributed by atoms with Crippen LogP contribution in [0.5, 0.6) is 11.5 Å². The molecule has 0 aliphatic rings. The third kappa shape index (κ3) is 4.37. The van der Waals surface area contributed by atoms with Gasteiger partial charge in [-0.2, -0.15) is 0 Å². The number of rotatable bonds is 6. The van der Waals surface area contributed by atoms with Crippen molar-refractivity contribution in [3.05, 3.63) is 57.6 Å². The molecule has 0 aromatic heterocycles. The normalized spacial score (nSPS) is 10.7. The predicted octanol–water partition coefficient (Wildman–Crippen LogP) is 5.46. The summed E-state index contributed by atoms with van der Waals surface area (Å²) in [5.74, 6) is 1.50. The summed E-state index contributed by atoms with van der Waals surface area (Å²) in [6.07, 6.45) is 0.873. The molecule has 0 spiro atoms. The van der Waals surface area contributed by atoms with Gasteiger partial charge >= 0.3 is 0 Å². The highest BCUT2D eigenvalue weighted by atomic mass is 35.5. The minimum absolute atomic E-state index is 0.707. The lowest BCUT2D eigenvalue weighted by molar-refractivity contribution is 0.482. The third-order valence-corrected chi connectivity index (χ3v) is 3.94. The maximum atomic E-state index is 6.27. The van der Waals surface area contributed by atoms with Crippen molar-refractivity contribution < 1.29 is 4.74 Å². The van der Waals surface area contributed by atoms with Crippen LogP contribution in [-0.4, -0.2) is 6.54 Å². The van der Waals surface area contributed by atoms with Crippen LogP contribution >= 0.6 is 23.2 Å². The summed E-state index contributed by atoms with van der Waals surface area (Å²) in [5.41, 5.74) is 2.14. The summed E-state index contributed by atoms with van der Waals surface area (Å²) < 4.78 is 5.85. The topological polar surface area (TPSA) is 21.3 Å². The zero-order valence-corrected chi connectivity index (χ0v) is 13.8. The van der Waals surface area contributed by atoms with Crippen molar-refractivity contribution in [1.82, 2.24) is 5.32 Å². The molecule has 112 valence electrons. The van der Waals surface area contributed by atoms with Gasteiger partial charge in [0.15, 0.2) is 0 Å². The van der Waals surface area contributed by atoms with Gasteiger partial charge in [0.2, 0.25) is 0 Å². The van der Waals surface area contributed by atoms with Crippen molar-refractivity contribution >= 4 is 23.2 Å². The fourth-order valence-electron chi connectivity index (χ4n) is 2.02. The van der Waals surface area contributed by atoms with Crippen LogP contribution in [0.3, 0.4) is 0 Å². The van der Waals surface area contributed by atoms with Crippen molar-refractivity contribution in [3.63, 3.8) is 0 Å². The molecule has 0 unspecified atom stereocenters. The molecule has 2 nitrogen and oxygen atoms in total. The zero-order valence-electron chi connectivity index (χ0n) is 12.2. The first-order valence-corrected chi connectivity index (χ1v) is 7.85. The van der Waals surface area contributed by atoms with Crippen LogP contribution < -0.4 is 10.1 Å². The molecule has 0 saturated heterocycles. The van der Waals surface area contributed by atoms with E-state index in [1.165, 1.54) is 0 Å². The predicted molar refractivity (Wildman–Crippen MR) is 89.7 cm³/mol. The molecule has 1 N–H and O–H groups in total. The molecule has 0 atom stereocenters. The Morgan fingerprint density at radius 1 is 0.905 bits per heavy atom. The zero-order chi connectivity index (χ0) is 15.2. The van der Waals surface area contributed by atoms with Gasteiger partial charge in [-0.25, -0.2) is 0 Å². The summed E-state index contributed by atoms with van der Waals surface area (Å²) in [6, 6.07) is 11.4. The average Bonchev–Trinajstić information content (AvgIpc) is 2.48. The fraction of sp³-hybridized carbons (Fsp3) is 0.294. The lowest BCUT2D eigenvalue weighted by Gasteiger charge is -2.10. The van der Waals surface area contributed by atoms with Crippen molar-refractivity contribution in [1.29, 1.82) is 0 Å². The van der Waals surface area contributed by atoms with Gasteiger partial charge in [-0.05, 0) is 54.4 Å². The summed E-state index contributed by atoms with van der Waals surface area (Å²) in [4.78, 5) is 0. The van der Waals surface area contributed by atoms with Crippen LogP contribution in [0.25, 0.3) is 0 Å². The van der Waals surface area contributed by atoms with Crippen molar-refractivity contribution in [2.24, 2.45) is 0 Å². The standard InChI is InChI=1S/C17H19Cl2NO/c1-3-12-9-14(7-8-16(12)18)21-15-6-5-13(11-20-4-2)17(19)10-15/h5-10,20H,3-4,11H2,1-2H3. The minimum atomic E-state index is 0.707. The Balaban J connectivity index is 2.14. The fourth-order valence-corrected chi connectivity index (χ4v) is 2.50. The lowest BCUT2D eigenvalue weighted by Crippen LogP contribution is -2.11. The molecular weight excluding hydrogens is 305 g/mol. The first-order chi connectivity index (χ1) is 10.1. The highest BCUT2D eigenvalue weighted by Crippen LogP contribution is 2.29. The second-order valence-corrected chi connectivity index (χ2v) is 5.56. The Hall–Kier alpha value is -1.22. The number of nitrogens with one attached hydrogen (secondary N) is 1. The highest BCUT2D eigenvalue weighted by molar-refractivity contribution is 6.31. The van der Waals surface area contributed by atoms with Gasteiger partial charge in [-0.3, -0.25) is 0 Å². The van der Waals surface area contributed by atoms with E-state index in [0.717, 1.165) is 47.2 Å². The Bertz CT molecular complexity index is 614. The van der Waals surface area contributed by atoms with E-state index >= 15 is 0 Å². The molecule has 0 radical (unpaired) electrons. The van der Waals surface area contributed by atoms with Gasteiger partial charge in [0.25, 0.3) is 0 Å². The number of benzene rings is 2. The second-order valence-electron chi connectivity index (χ2n) is 4.74. The summed E-state index contributed by atoms with van der Waals surface area (Å²) >= 11 is 12.4. The second kappa shape index (κ2) is 7.69. The van der Waals surface area contributed by atoms with Crippen molar-refractivity contribution in [3.8, 4) is 11.5 Å². The number of hydrogen-bond donors (Lipinski definition) is 1. The van der Waals surface area contributed by atoms with Crippen LogP contribution in [0.4, 0.5) is 0 Å². The maximum absolute atomic E-state index is 6.27. The molecule has 4 heteroatoms. The van der Waals surface area contributed by atoms with Gasteiger partial charge < -0.3 is 10.1 Å². The minimum Gasteiger partial charge on any atom is -0.457 e. The Labute approximate surface area is 136 Å². The number of hydrogen-bond acceptors (Lipinski definition) is 2. The average molecular weight is 324 g/mol. The Morgan fingerprint density at radius 2 is 1.62 bits per heavy atom. The summed E-state index contributed by atoms with van der Waals surface area (Å²) in [6.45, 7) is 5.81. The molecule has 2 aromatic rings. The molecule has 2 rings (SSSR count). The van der Waals surface area contributed by atoms with Crippen molar-refractivity contribution in [2.75, 3.05) is 6.54 Å². The largest absolute Gasteiger partial charge is 0.457 e. The molecule has 0 amide bonds. The molecule has 0 saturated carbocycles. The number of ether oxygens (including phenoxy) is 1. The van der Waals surface area contributed by atoms with Gasteiger partial charge in [0.1, 0.15) is 11.5 Å². The SMILES string of the molecule is CCNCc1ccc(Oc2ccc(Cl)c(CC)c2)cc1Cl. The van der Waals surface area contributed by atoms with Crippen LogP contribution in [0.1, 0.15) is 25.0 Å². The van der Waals surface area contributed by atoms with Crippen molar-refractivity contribution in [2.45, 2.75) is 26.8 Å². The highest BCUT2D eigenvalue weighted by Gasteiger charge is 2.05. The van der Waals surface area contributed by atoms with Gasteiger partial charge in [-0.1, -0.05) is 43.1 Å². The van der Waals surface area contributed by atoms with Crippen LogP contribution in [0.2, 0.25) is 10.0 Å². The first-order valence-electron chi connectivity index (χ1n) is 7.09. The van der Waals surface area contributed by atoms with E-state index in [0.29, 0.717) is 5.02 Å². The molecule has 2 aromatic carbocycles. The third-order valence-electron chi connectivity index (χ3n) is 3.22. The maximum Gasteiger partial charge on any atom is 0.128 e. The first kappa shape index (κ1) is 16.2. The van der Waals surface area contributed by atoms with Crippen LogP contribution in [-0.2, 0) is 13.0 Å². The van der Waals surface area contributed by atoms with E-state index in [1.54, 1.807) is 0 Å². The monoisotopic (exact) mass is 323 g/mol. The van der Waals surface area contributed by atoms with E-state index in [1.807, 2.05) is 36.4 Å². The van der Waals surface area contributed by atoms with E-state index in [4.69, 9.17) is 27.9 Å². The smallest absolute Gasteiger partial charge is 0.128 e. The quantitative estimate of drug-likeness (QED) is 0.762. The van der Waals surface area contributed by atoms with E-state index < -0.39 is 0 Å². The number of halogens is 2. The van der Waals surface area contributed by atoms with E-state index in [2.05, 4.69) is 19.2 Å². The van der Waals surface area contributed by atoms with Gasteiger partial charge in [0.05, 0.1) is 0 Å². The van der Waals surface area contributed by atoms with Crippen LogP contribution in [0.15, 0.2) is 36.4 Å². The summed E-state index contributed by atoms with van der Waals surface area (Å²) in [5, 5.41) is 4.73. The summed E-state index contributed by atoms with van der Waals surface area (Å²) in [7, 11) is 0. The Morgan fingerprint density at radius 3 is 2.29 bits per heavy atom. The molecule has 0 fully saturated rings. The molecule has 0 heterocycles. The van der Waals surface area contributed by atoms with Crippen LogP contribution in [0, 0.1) is 0 Å². The molecule has 0 aliphatic carbocycles. The molecular formula is C17H19Cl2NO.